The van der Waals surface area contributed by atoms with E-state index in [9.17, 15) is 4.79 Å². The van der Waals surface area contributed by atoms with Crippen LogP contribution >= 0.6 is 0 Å². The smallest absolute Gasteiger partial charge is 0.308 e. The number of hydrogen-bond donors (Lipinski definition) is 0. The number of benzene rings is 3. The van der Waals surface area contributed by atoms with E-state index in [1.807, 2.05) is 31.2 Å². The van der Waals surface area contributed by atoms with Crippen molar-refractivity contribution in [3.63, 3.8) is 0 Å². The quantitative estimate of drug-likeness (QED) is 0.332. The molecule has 0 amide bonds. The average Bonchev–Trinajstić information content (AvgIpc) is 2.69. The number of hydrogen-bond acceptors (Lipinski definition) is 3. The molecule has 144 valence electrons. The van der Waals surface area contributed by atoms with Gasteiger partial charge in [-0.3, -0.25) is 4.79 Å². The van der Waals surface area contributed by atoms with Crippen molar-refractivity contribution in [3.8, 4) is 11.5 Å². The Balaban J connectivity index is 2.19. The number of carbonyl (C=O) groups is 1. The van der Waals surface area contributed by atoms with Gasteiger partial charge in [0, 0.05) is 12.3 Å². The molecule has 3 heteroatoms. The molecule has 1 unspecified atom stereocenters. The highest BCUT2D eigenvalue weighted by molar-refractivity contribution is 5.70. The Kier molecular flexibility index (Phi) is 5.55. The molecular formula is C25H26O3. The van der Waals surface area contributed by atoms with Crippen LogP contribution < -0.4 is 9.47 Å². The fourth-order valence-electron chi connectivity index (χ4n) is 3.69. The zero-order chi connectivity index (χ0) is 20.3. The van der Waals surface area contributed by atoms with E-state index in [-0.39, 0.29) is 11.4 Å². The number of esters is 1. The molecule has 28 heavy (non-hydrogen) atoms. The van der Waals surface area contributed by atoms with Gasteiger partial charge in [-0.1, -0.05) is 54.6 Å². The minimum atomic E-state index is -0.363. The molecule has 0 aliphatic carbocycles. The summed E-state index contributed by atoms with van der Waals surface area (Å²) in [6.45, 7) is 7.67. The molecule has 0 saturated carbocycles. The molecule has 3 rings (SSSR count). The van der Waals surface area contributed by atoms with Gasteiger partial charge in [0.25, 0.3) is 0 Å². The first-order valence-electron chi connectivity index (χ1n) is 9.36. The molecule has 3 nitrogen and oxygen atoms in total. The van der Waals surface area contributed by atoms with Crippen LogP contribution in [-0.2, 0) is 10.2 Å². The van der Waals surface area contributed by atoms with Crippen molar-refractivity contribution >= 4 is 5.97 Å². The van der Waals surface area contributed by atoms with Gasteiger partial charge in [-0.15, -0.1) is 0 Å². The summed E-state index contributed by atoms with van der Waals surface area (Å²) in [5.74, 6) is 1.16. The van der Waals surface area contributed by atoms with Crippen LogP contribution in [0, 0.1) is 13.8 Å². The first kappa shape index (κ1) is 19.7. The molecule has 0 saturated heterocycles. The summed E-state index contributed by atoms with van der Waals surface area (Å²) >= 11 is 0. The molecule has 0 heterocycles. The van der Waals surface area contributed by atoms with Gasteiger partial charge < -0.3 is 9.47 Å². The monoisotopic (exact) mass is 374 g/mol. The lowest BCUT2D eigenvalue weighted by Crippen LogP contribution is -2.25. The standard InChI is InChI=1S/C25H26O3/c1-17-15-21(11-13-23(17)27-5)25(4,20-9-7-6-8-10-20)22-12-14-24(18(2)16-22)28-19(3)26/h6-16H,1-5H3. The van der Waals surface area contributed by atoms with Gasteiger partial charge in [-0.05, 0) is 60.7 Å². The second kappa shape index (κ2) is 7.89. The molecule has 0 spiro atoms. The highest BCUT2D eigenvalue weighted by Crippen LogP contribution is 2.41. The van der Waals surface area contributed by atoms with Crippen molar-refractivity contribution in [1.82, 2.24) is 0 Å². The van der Waals surface area contributed by atoms with Crippen LogP contribution in [0.2, 0.25) is 0 Å². The maximum atomic E-state index is 11.4. The van der Waals surface area contributed by atoms with E-state index in [0.717, 1.165) is 22.4 Å². The zero-order valence-electron chi connectivity index (χ0n) is 17.1. The van der Waals surface area contributed by atoms with Gasteiger partial charge in [0.2, 0.25) is 0 Å². The van der Waals surface area contributed by atoms with Crippen molar-refractivity contribution in [2.45, 2.75) is 33.1 Å². The van der Waals surface area contributed by atoms with Gasteiger partial charge in [0.05, 0.1) is 7.11 Å². The lowest BCUT2D eigenvalue weighted by atomic mass is 9.70. The van der Waals surface area contributed by atoms with Crippen molar-refractivity contribution in [2.75, 3.05) is 7.11 Å². The van der Waals surface area contributed by atoms with Crippen molar-refractivity contribution in [1.29, 1.82) is 0 Å². The average molecular weight is 374 g/mol. The summed E-state index contributed by atoms with van der Waals surface area (Å²) in [7, 11) is 1.69. The molecule has 1 atom stereocenters. The van der Waals surface area contributed by atoms with Gasteiger partial charge in [0.1, 0.15) is 11.5 Å². The minimum Gasteiger partial charge on any atom is -0.496 e. The third kappa shape index (κ3) is 3.65. The van der Waals surface area contributed by atoms with Gasteiger partial charge in [0.15, 0.2) is 0 Å². The molecule has 3 aromatic carbocycles. The number of aryl methyl sites for hydroxylation is 2. The Bertz CT molecular complexity index is 992. The second-order valence-corrected chi connectivity index (χ2v) is 7.25. The summed E-state index contributed by atoms with van der Waals surface area (Å²) < 4.78 is 10.8. The Labute approximate surface area is 166 Å². The Hall–Kier alpha value is -3.07. The number of methoxy groups -OCH3 is 1. The predicted molar refractivity (Wildman–Crippen MR) is 112 cm³/mol. The molecule has 0 aliphatic heterocycles. The summed E-state index contributed by atoms with van der Waals surface area (Å²) in [6.07, 6.45) is 0. The largest absolute Gasteiger partial charge is 0.496 e. The Morgan fingerprint density at radius 2 is 1.32 bits per heavy atom. The van der Waals surface area contributed by atoms with E-state index in [1.165, 1.54) is 18.1 Å². The van der Waals surface area contributed by atoms with Crippen LogP contribution in [0.25, 0.3) is 0 Å². The lowest BCUT2D eigenvalue weighted by Gasteiger charge is -2.33. The number of rotatable bonds is 5. The number of ether oxygens (including phenoxy) is 2. The third-order valence-corrected chi connectivity index (χ3v) is 5.33. The second-order valence-electron chi connectivity index (χ2n) is 7.25. The molecule has 0 aliphatic rings. The highest BCUT2D eigenvalue weighted by atomic mass is 16.5. The molecule has 3 aromatic rings. The van der Waals surface area contributed by atoms with Crippen molar-refractivity contribution in [2.24, 2.45) is 0 Å². The molecule has 0 N–H and O–H groups in total. The van der Waals surface area contributed by atoms with E-state index in [4.69, 9.17) is 9.47 Å². The minimum absolute atomic E-state index is 0.313. The molecule has 0 radical (unpaired) electrons. The van der Waals surface area contributed by atoms with Gasteiger partial charge in [-0.2, -0.15) is 0 Å². The van der Waals surface area contributed by atoms with E-state index in [1.54, 1.807) is 7.11 Å². The summed E-state index contributed by atoms with van der Waals surface area (Å²) in [4.78, 5) is 11.4. The van der Waals surface area contributed by atoms with Crippen LogP contribution in [0.5, 0.6) is 11.5 Å². The summed E-state index contributed by atoms with van der Waals surface area (Å²) in [5.41, 5.74) is 5.17. The fraction of sp³-hybridized carbons (Fsp3) is 0.240. The molecular weight excluding hydrogens is 348 g/mol. The molecule has 0 aromatic heterocycles. The Morgan fingerprint density at radius 3 is 1.79 bits per heavy atom. The maximum absolute atomic E-state index is 11.4. The molecule has 0 bridgehead atoms. The van der Waals surface area contributed by atoms with Gasteiger partial charge >= 0.3 is 5.97 Å². The maximum Gasteiger partial charge on any atom is 0.308 e. The normalized spacial score (nSPS) is 12.9. The Morgan fingerprint density at radius 1 is 0.786 bits per heavy atom. The molecule has 0 fully saturated rings. The van der Waals surface area contributed by atoms with Crippen LogP contribution in [-0.4, -0.2) is 13.1 Å². The van der Waals surface area contributed by atoms with Crippen LogP contribution in [0.15, 0.2) is 66.7 Å². The van der Waals surface area contributed by atoms with Crippen molar-refractivity contribution in [3.05, 3.63) is 94.5 Å². The first-order chi connectivity index (χ1) is 13.4. The summed E-state index contributed by atoms with van der Waals surface area (Å²) in [6, 6.07) is 22.8. The van der Waals surface area contributed by atoms with E-state index in [2.05, 4.69) is 56.3 Å². The number of carbonyl (C=O) groups excluding carboxylic acids is 1. The SMILES string of the molecule is COc1ccc(C(C)(c2ccccc2)c2ccc(OC(C)=O)c(C)c2)cc1C. The van der Waals surface area contributed by atoms with Crippen molar-refractivity contribution < 1.29 is 14.3 Å². The highest BCUT2D eigenvalue weighted by Gasteiger charge is 2.32. The predicted octanol–water partition coefficient (Wildman–Crippen LogP) is 5.59. The lowest BCUT2D eigenvalue weighted by molar-refractivity contribution is -0.131. The van der Waals surface area contributed by atoms with E-state index >= 15 is 0 Å². The topological polar surface area (TPSA) is 35.5 Å². The third-order valence-electron chi connectivity index (χ3n) is 5.33. The van der Waals surface area contributed by atoms with E-state index in [0.29, 0.717) is 5.75 Å². The first-order valence-corrected chi connectivity index (χ1v) is 9.36. The fourth-order valence-corrected chi connectivity index (χ4v) is 3.69. The summed E-state index contributed by atoms with van der Waals surface area (Å²) in [5, 5.41) is 0. The van der Waals surface area contributed by atoms with Gasteiger partial charge in [-0.25, -0.2) is 0 Å². The zero-order valence-corrected chi connectivity index (χ0v) is 17.1. The van der Waals surface area contributed by atoms with Crippen LogP contribution in [0.4, 0.5) is 0 Å². The van der Waals surface area contributed by atoms with Crippen LogP contribution in [0.3, 0.4) is 0 Å². The van der Waals surface area contributed by atoms with Crippen LogP contribution in [0.1, 0.15) is 41.7 Å². The van der Waals surface area contributed by atoms with E-state index < -0.39 is 0 Å².